The Morgan fingerprint density at radius 3 is 2.61 bits per heavy atom. The van der Waals surface area contributed by atoms with Crippen LogP contribution in [0.15, 0.2) is 12.1 Å². The molecule has 0 aliphatic rings. The second-order valence-electron chi connectivity index (χ2n) is 3.10. The van der Waals surface area contributed by atoms with Gasteiger partial charge in [-0.05, 0) is 13.0 Å². The molecule has 1 aromatic rings. The summed E-state index contributed by atoms with van der Waals surface area (Å²) in [6.45, 7) is 1.49. The van der Waals surface area contributed by atoms with Crippen molar-refractivity contribution in [3.05, 3.63) is 29.3 Å². The van der Waals surface area contributed by atoms with E-state index in [-0.39, 0.29) is 6.61 Å². The standard InChI is InChI=1S/C11H8F2N2O3/c1-2-18-11(17)10(16)15-9-3-6(5-14)7(12)4-8(9)13/h3-4H,2H2,1H3,(H,15,16). The van der Waals surface area contributed by atoms with Crippen molar-refractivity contribution >= 4 is 17.6 Å². The first-order valence-corrected chi connectivity index (χ1v) is 4.86. The summed E-state index contributed by atoms with van der Waals surface area (Å²) < 4.78 is 30.6. The van der Waals surface area contributed by atoms with Crippen LogP contribution in [0.25, 0.3) is 0 Å². The fourth-order valence-corrected chi connectivity index (χ4v) is 1.10. The van der Waals surface area contributed by atoms with E-state index in [2.05, 4.69) is 4.74 Å². The van der Waals surface area contributed by atoms with E-state index in [4.69, 9.17) is 5.26 Å². The third-order valence-electron chi connectivity index (χ3n) is 1.89. The Morgan fingerprint density at radius 1 is 1.39 bits per heavy atom. The number of nitriles is 1. The molecule has 0 spiro atoms. The first kappa shape index (κ1) is 13.6. The average Bonchev–Trinajstić information content (AvgIpc) is 2.32. The molecule has 7 heteroatoms. The number of ether oxygens (including phenoxy) is 1. The molecule has 1 rings (SSSR count). The maximum absolute atomic E-state index is 13.3. The van der Waals surface area contributed by atoms with Gasteiger partial charge in [0.2, 0.25) is 0 Å². The lowest BCUT2D eigenvalue weighted by molar-refractivity contribution is -0.152. The Hall–Kier alpha value is -2.49. The Balaban J connectivity index is 2.95. The summed E-state index contributed by atoms with van der Waals surface area (Å²) in [7, 11) is 0. The van der Waals surface area contributed by atoms with E-state index in [0.29, 0.717) is 6.07 Å². The van der Waals surface area contributed by atoms with Gasteiger partial charge in [0.15, 0.2) is 0 Å². The van der Waals surface area contributed by atoms with Gasteiger partial charge < -0.3 is 10.1 Å². The highest BCUT2D eigenvalue weighted by atomic mass is 19.1. The van der Waals surface area contributed by atoms with Crippen LogP contribution in [-0.2, 0) is 14.3 Å². The van der Waals surface area contributed by atoms with Crippen molar-refractivity contribution < 1.29 is 23.1 Å². The predicted octanol–water partition coefficient (Wildman–Crippen LogP) is 1.34. The Bertz CT molecular complexity index is 538. The highest BCUT2D eigenvalue weighted by molar-refractivity contribution is 6.37. The topological polar surface area (TPSA) is 79.2 Å². The molecule has 0 saturated heterocycles. The number of nitrogens with zero attached hydrogens (tertiary/aromatic N) is 1. The molecule has 0 saturated carbocycles. The molecule has 18 heavy (non-hydrogen) atoms. The molecular weight excluding hydrogens is 246 g/mol. The van der Waals surface area contributed by atoms with Crippen LogP contribution in [0, 0.1) is 23.0 Å². The van der Waals surface area contributed by atoms with E-state index < -0.39 is 34.8 Å². The van der Waals surface area contributed by atoms with Crippen molar-refractivity contribution in [2.45, 2.75) is 6.92 Å². The number of esters is 1. The molecule has 0 aromatic heterocycles. The molecule has 0 aliphatic heterocycles. The van der Waals surface area contributed by atoms with Gasteiger partial charge in [-0.2, -0.15) is 5.26 Å². The minimum atomic E-state index is -1.20. The van der Waals surface area contributed by atoms with Crippen LogP contribution in [0.1, 0.15) is 12.5 Å². The minimum Gasteiger partial charge on any atom is -0.459 e. The van der Waals surface area contributed by atoms with Gasteiger partial charge in [-0.1, -0.05) is 0 Å². The fraction of sp³-hybridized carbons (Fsp3) is 0.182. The average molecular weight is 254 g/mol. The highest BCUT2D eigenvalue weighted by Gasteiger charge is 2.18. The fourth-order valence-electron chi connectivity index (χ4n) is 1.10. The van der Waals surface area contributed by atoms with Crippen LogP contribution >= 0.6 is 0 Å². The number of rotatable bonds is 2. The monoisotopic (exact) mass is 254 g/mol. The summed E-state index contributed by atoms with van der Waals surface area (Å²) in [5, 5.41) is 10.4. The van der Waals surface area contributed by atoms with Crippen molar-refractivity contribution in [1.82, 2.24) is 0 Å². The Morgan fingerprint density at radius 2 is 2.06 bits per heavy atom. The maximum Gasteiger partial charge on any atom is 0.397 e. The first-order valence-electron chi connectivity index (χ1n) is 4.86. The highest BCUT2D eigenvalue weighted by Crippen LogP contribution is 2.18. The van der Waals surface area contributed by atoms with E-state index in [1.807, 2.05) is 5.32 Å². The number of nitrogens with one attached hydrogen (secondary N) is 1. The molecule has 1 amide bonds. The first-order chi connectivity index (χ1) is 8.49. The summed E-state index contributed by atoms with van der Waals surface area (Å²) in [5.74, 6) is -4.54. The number of hydrogen-bond acceptors (Lipinski definition) is 4. The van der Waals surface area contributed by atoms with Gasteiger partial charge in [0, 0.05) is 6.07 Å². The SMILES string of the molecule is CCOC(=O)C(=O)Nc1cc(C#N)c(F)cc1F. The molecule has 0 heterocycles. The Labute approximate surface area is 101 Å². The van der Waals surface area contributed by atoms with Crippen molar-refractivity contribution in [3.63, 3.8) is 0 Å². The van der Waals surface area contributed by atoms with Crippen LogP contribution in [0.2, 0.25) is 0 Å². The van der Waals surface area contributed by atoms with Crippen LogP contribution < -0.4 is 5.32 Å². The predicted molar refractivity (Wildman–Crippen MR) is 56.3 cm³/mol. The van der Waals surface area contributed by atoms with E-state index in [1.165, 1.54) is 13.0 Å². The summed E-state index contributed by atoms with van der Waals surface area (Å²) in [6.07, 6.45) is 0. The third kappa shape index (κ3) is 3.01. The third-order valence-corrected chi connectivity index (χ3v) is 1.89. The second-order valence-corrected chi connectivity index (χ2v) is 3.10. The lowest BCUT2D eigenvalue weighted by atomic mass is 10.2. The number of benzene rings is 1. The number of hydrogen-bond donors (Lipinski definition) is 1. The summed E-state index contributed by atoms with van der Waals surface area (Å²) >= 11 is 0. The lowest BCUT2D eigenvalue weighted by Crippen LogP contribution is -2.25. The Kier molecular flexibility index (Phi) is 4.32. The van der Waals surface area contributed by atoms with Gasteiger partial charge in [0.25, 0.3) is 0 Å². The molecule has 0 aliphatic carbocycles. The second kappa shape index (κ2) is 5.72. The van der Waals surface area contributed by atoms with Crippen molar-refractivity contribution in [1.29, 1.82) is 5.26 Å². The summed E-state index contributed by atoms with van der Waals surface area (Å²) in [5.41, 5.74) is -0.915. The number of amides is 1. The van der Waals surface area contributed by atoms with Crippen LogP contribution in [0.3, 0.4) is 0 Å². The molecule has 0 unspecified atom stereocenters. The van der Waals surface area contributed by atoms with E-state index in [1.54, 1.807) is 0 Å². The van der Waals surface area contributed by atoms with E-state index in [9.17, 15) is 18.4 Å². The molecular formula is C11H8F2N2O3. The minimum absolute atomic E-state index is 0.0123. The number of carbonyl (C=O) groups excluding carboxylic acids is 2. The zero-order valence-electron chi connectivity index (χ0n) is 9.29. The van der Waals surface area contributed by atoms with Crippen molar-refractivity contribution in [2.24, 2.45) is 0 Å². The normalized spacial score (nSPS) is 9.44. The van der Waals surface area contributed by atoms with Crippen molar-refractivity contribution in [2.75, 3.05) is 11.9 Å². The van der Waals surface area contributed by atoms with Crippen LogP contribution in [0.4, 0.5) is 14.5 Å². The van der Waals surface area contributed by atoms with Gasteiger partial charge in [-0.15, -0.1) is 0 Å². The number of carbonyl (C=O) groups is 2. The van der Waals surface area contributed by atoms with Gasteiger partial charge in [-0.3, -0.25) is 4.79 Å². The molecule has 0 bridgehead atoms. The quantitative estimate of drug-likeness (QED) is 0.638. The summed E-state index contributed by atoms with van der Waals surface area (Å²) in [4.78, 5) is 22.2. The smallest absolute Gasteiger partial charge is 0.397 e. The molecule has 0 radical (unpaired) electrons. The largest absolute Gasteiger partial charge is 0.459 e. The molecule has 94 valence electrons. The van der Waals surface area contributed by atoms with Crippen molar-refractivity contribution in [3.8, 4) is 6.07 Å². The lowest BCUT2D eigenvalue weighted by Gasteiger charge is -2.06. The van der Waals surface area contributed by atoms with Crippen LogP contribution in [-0.4, -0.2) is 18.5 Å². The molecule has 1 aromatic carbocycles. The zero-order valence-corrected chi connectivity index (χ0v) is 9.29. The van der Waals surface area contributed by atoms with Gasteiger partial charge >= 0.3 is 11.9 Å². The van der Waals surface area contributed by atoms with Gasteiger partial charge in [0.05, 0.1) is 17.9 Å². The summed E-state index contributed by atoms with van der Waals surface area (Å²) in [6, 6.07) is 2.72. The molecule has 5 nitrogen and oxygen atoms in total. The number of halogens is 2. The zero-order chi connectivity index (χ0) is 13.7. The van der Waals surface area contributed by atoms with Gasteiger partial charge in [-0.25, -0.2) is 13.6 Å². The van der Waals surface area contributed by atoms with Gasteiger partial charge in [0.1, 0.15) is 17.7 Å². The molecule has 0 atom stereocenters. The molecule has 0 fully saturated rings. The maximum atomic E-state index is 13.3. The van der Waals surface area contributed by atoms with E-state index >= 15 is 0 Å². The molecule has 1 N–H and O–H groups in total. The van der Waals surface area contributed by atoms with E-state index in [0.717, 1.165) is 6.07 Å². The number of anilines is 1. The van der Waals surface area contributed by atoms with Crippen LogP contribution in [0.5, 0.6) is 0 Å².